The minimum atomic E-state index is 0.544. The van der Waals surface area contributed by atoms with E-state index >= 15 is 0 Å². The smallest absolute Gasteiger partial charge is 0.146 e. The van der Waals surface area contributed by atoms with E-state index in [0.29, 0.717) is 102 Å². The number of hydrogen-bond acceptors (Lipinski definition) is 12. The van der Waals surface area contributed by atoms with Gasteiger partial charge in [0.2, 0.25) is 0 Å². The molecule has 0 aliphatic carbocycles. The first-order chi connectivity index (χ1) is 59.9. The van der Waals surface area contributed by atoms with Gasteiger partial charge >= 0.3 is 0 Å². The number of methoxy groups -OCH3 is 12. The molecule has 0 saturated carbocycles. The first-order valence-corrected chi connectivity index (χ1v) is 39.5. The fourth-order valence-electron chi connectivity index (χ4n) is 16.0. The van der Waals surface area contributed by atoms with Crippen molar-refractivity contribution >= 4 is 99.3 Å². The van der Waals surface area contributed by atoms with Crippen molar-refractivity contribution < 1.29 is 56.8 Å². The minimum Gasteiger partial charge on any atom is -0.497 e. The van der Waals surface area contributed by atoms with Gasteiger partial charge in [-0.15, -0.1) is 0 Å². The van der Waals surface area contributed by atoms with Gasteiger partial charge in [-0.05, 0) is 309 Å². The molecule has 20 nitrogen and oxygen atoms in total. The molecule has 0 radical (unpaired) electrons. The van der Waals surface area contributed by atoms with Crippen LogP contribution in [0, 0.1) is 0 Å². The summed E-state index contributed by atoms with van der Waals surface area (Å²) in [5, 5.41) is 0. The zero-order chi connectivity index (χ0) is 84.1. The molecule has 0 atom stereocenters. The molecule has 20 bridgehead atoms. The zero-order valence-corrected chi connectivity index (χ0v) is 69.7. The van der Waals surface area contributed by atoms with E-state index in [1.54, 1.807) is 85.3 Å². The number of ether oxygens (including phenoxy) is 12. The number of hydrogen-bond donors (Lipinski definition) is 0. The molecule has 0 amide bonds. The summed E-state index contributed by atoms with van der Waals surface area (Å²) in [4.78, 5) is 0. The largest absolute Gasteiger partial charge is 0.497 e. The lowest BCUT2D eigenvalue weighted by Gasteiger charge is -2.19. The maximum Gasteiger partial charge on any atom is 0.146 e. The maximum atomic E-state index is 6.51. The van der Waals surface area contributed by atoms with E-state index < -0.39 is 0 Å². The van der Waals surface area contributed by atoms with Crippen LogP contribution in [-0.2, 0) is 0 Å². The summed E-state index contributed by atoms with van der Waals surface area (Å²) in [6.45, 7) is 0. The molecule has 21 aromatic heterocycles. The molecule has 0 fully saturated rings. The molecule has 0 aliphatic rings. The Morgan fingerprint density at radius 1 is 0.131 bits per heavy atom. The highest BCUT2D eigenvalue weighted by Gasteiger charge is 2.20. The van der Waals surface area contributed by atoms with Crippen molar-refractivity contribution in [1.29, 1.82) is 0 Å². The average molecular weight is 1620 g/mol. The third kappa shape index (κ3) is 15.0. The van der Waals surface area contributed by atoms with Crippen molar-refractivity contribution in [3.8, 4) is 103 Å². The Morgan fingerprint density at radius 3 is 0.369 bits per heavy atom. The number of nitrogens with zero attached hydrogens (tertiary/aromatic N) is 8. The lowest BCUT2D eigenvalue weighted by Crippen LogP contribution is -2.04. The minimum absolute atomic E-state index is 0.544. The van der Waals surface area contributed by atoms with Crippen molar-refractivity contribution in [2.45, 2.75) is 0 Å². The van der Waals surface area contributed by atoms with E-state index in [0.717, 1.165) is 100 Å². The van der Waals surface area contributed by atoms with E-state index in [-0.39, 0.29) is 0 Å². The van der Waals surface area contributed by atoms with Gasteiger partial charge in [0.1, 0.15) is 69.0 Å². The van der Waals surface area contributed by atoms with Crippen LogP contribution in [0.1, 0.15) is 0 Å². The van der Waals surface area contributed by atoms with Gasteiger partial charge in [-0.1, -0.05) is 0 Å². The molecule has 15 aromatic carbocycles. The van der Waals surface area contributed by atoms with Crippen LogP contribution in [-0.4, -0.2) is 122 Å². The van der Waals surface area contributed by atoms with Crippen LogP contribution in [0.15, 0.2) is 328 Å². The summed E-state index contributed by atoms with van der Waals surface area (Å²) in [6, 6.07) is 112. The molecule has 122 heavy (non-hydrogen) atoms. The molecular weight excluding hydrogens is 1530 g/mol. The summed E-state index contributed by atoms with van der Waals surface area (Å²) in [7, 11) is 20.1. The van der Waals surface area contributed by atoms with Crippen LogP contribution in [0.3, 0.4) is 0 Å². The van der Waals surface area contributed by atoms with E-state index in [4.69, 9.17) is 56.8 Å². The third-order valence-electron chi connectivity index (χ3n) is 22.1. The molecule has 21 heterocycles. The van der Waals surface area contributed by atoms with E-state index in [1.165, 1.54) is 0 Å². The normalized spacial score (nSPS) is 11.1. The number of aromatic nitrogens is 8. The lowest BCUT2D eigenvalue weighted by molar-refractivity contribution is 0.398. The first-order valence-electron chi connectivity index (χ1n) is 39.5. The van der Waals surface area contributed by atoms with Crippen molar-refractivity contribution in [3.05, 3.63) is 328 Å². The van der Waals surface area contributed by atoms with Crippen LogP contribution in [0.5, 0.6) is 69.0 Å². The lowest BCUT2D eigenvalue weighted by atomic mass is 10.2. The Balaban J connectivity index is 1.15. The molecule has 0 spiro atoms. The Bertz CT molecular complexity index is 6040. The van der Waals surface area contributed by atoms with Crippen LogP contribution < -0.4 is 56.8 Å². The van der Waals surface area contributed by atoms with Crippen molar-refractivity contribution in [2.24, 2.45) is 0 Å². The van der Waals surface area contributed by atoms with E-state index in [9.17, 15) is 0 Å². The van der Waals surface area contributed by atoms with Gasteiger partial charge in [-0.2, -0.15) is 0 Å². The molecule has 610 valence electrons. The Labute approximate surface area is 704 Å². The highest BCUT2D eigenvalue weighted by Crippen LogP contribution is 2.41. The van der Waals surface area contributed by atoms with Crippen LogP contribution in [0.2, 0.25) is 0 Å². The topological polar surface area (TPSA) is 149 Å². The summed E-state index contributed by atoms with van der Waals surface area (Å²) in [5.74, 6) is 7.43. The molecule has 20 heteroatoms. The molecule has 36 rings (SSSR count). The average Bonchev–Trinajstić information content (AvgIpc) is 0.761. The highest BCUT2D eigenvalue weighted by atomic mass is 16.5. The molecule has 0 unspecified atom stereocenters. The Kier molecular flexibility index (Phi) is 22.3. The zero-order valence-electron chi connectivity index (χ0n) is 69.7. The predicted molar refractivity (Wildman–Crippen MR) is 489 cm³/mol. The van der Waals surface area contributed by atoms with Gasteiger partial charge < -0.3 is 93.0 Å². The van der Waals surface area contributed by atoms with E-state index in [1.807, 2.05) is 164 Å². The van der Waals surface area contributed by atoms with Gasteiger partial charge in [0.05, 0.1) is 118 Å². The quantitative estimate of drug-likeness (QED) is 0.0805. The van der Waals surface area contributed by atoms with Gasteiger partial charge in [0.15, 0.2) is 0 Å². The number of rotatable bonds is 18. The second kappa shape index (κ2) is 34.5. The van der Waals surface area contributed by atoms with Gasteiger partial charge in [0.25, 0.3) is 0 Å². The van der Waals surface area contributed by atoms with Crippen molar-refractivity contribution in [1.82, 2.24) is 36.2 Å². The molecule has 0 saturated heterocycles. The summed E-state index contributed by atoms with van der Waals surface area (Å²) >= 11 is 0. The number of benzene rings is 15. The Hall–Kier alpha value is -15.7. The molecule has 0 N–H and O–H groups in total. The van der Waals surface area contributed by atoms with Crippen LogP contribution in [0.4, 0.5) is 0 Å². The van der Waals surface area contributed by atoms with Gasteiger partial charge in [-0.3, -0.25) is 0 Å². The highest BCUT2D eigenvalue weighted by molar-refractivity contribution is 5.88. The van der Waals surface area contributed by atoms with Crippen molar-refractivity contribution in [3.63, 3.8) is 0 Å². The van der Waals surface area contributed by atoms with Gasteiger partial charge in [0, 0.05) is 119 Å². The first kappa shape index (κ1) is 78.8. The molecule has 36 aromatic rings. The fraction of sp³-hybridized carbons (Fsp3) is 0.118. The second-order valence-corrected chi connectivity index (χ2v) is 28.6. The third-order valence-corrected chi connectivity index (χ3v) is 22.1. The van der Waals surface area contributed by atoms with Gasteiger partial charge in [-0.25, -0.2) is 0 Å². The summed E-state index contributed by atoms with van der Waals surface area (Å²) < 4.78 is 91.7. The molecular formula is C102H90N8O12. The molecule has 0 aliphatic heterocycles. The fourth-order valence-corrected chi connectivity index (χ4v) is 16.0. The Morgan fingerprint density at radius 2 is 0.254 bits per heavy atom. The SMILES string of the molecule is COc1ccc(-n2c3ccc(cc3)n3c4ccc(cc4)n(-c4ccc(OC)cc4)c4cc(c(OC)cc4OC)n(-c4ccc(OC)cc4)c4ccc(cc4)n(c4ccc(cc4)n(-c4ccc(OC)cc4)c4cc2c(OC)cc4OC)c2ccc(cc2)n(-c2ccc(OC)cc2)c2cc(c(OC)cc2OC)n(-c2ccc(OC)cc2)c2ccc3cc2)cc1. The van der Waals surface area contributed by atoms with Crippen molar-refractivity contribution in [2.75, 3.05) is 85.3 Å². The maximum absolute atomic E-state index is 6.51. The standard InChI is InChI=1S/C102H90N8O12/c1-111-85-49-37-79(38-50-85)105-73-25-13-67(14-26-73)103-68-17-29-75(30-18-68)107(81-41-53-87(113-3)54-42-81)93-62-95(101(121-11)65-99(93)119-9)109(83-45-57-89(115-5)58-46-83)77-33-21-71(22-34-77)104(70-15-27-74(28-16-70)106(80-39-51-86(112-2)52-40-80)92-61-91(105)97(117-7)64-98(92)118-8)72-23-35-78(36-24-72)110(84-47-59-90(116-6)60-48-84)96-63-94(100(120-10)66-102(96)122-12)108(76-31-19-69(103)20-32-76)82-43-55-88(114-4)56-44-82/h13-66H,1-12H3. The summed E-state index contributed by atoms with van der Waals surface area (Å²) in [6.07, 6.45) is 0. The second-order valence-electron chi connectivity index (χ2n) is 28.6. The van der Waals surface area contributed by atoms with Crippen LogP contribution >= 0.6 is 0 Å². The van der Waals surface area contributed by atoms with Crippen LogP contribution in [0.25, 0.3) is 133 Å². The summed E-state index contributed by atoms with van der Waals surface area (Å²) in [5.41, 5.74) is 19.0. The predicted octanol–water partition coefficient (Wildman–Crippen LogP) is 23.0. The monoisotopic (exact) mass is 1620 g/mol. The van der Waals surface area contributed by atoms with E-state index in [2.05, 4.69) is 200 Å².